The smallest absolute Gasteiger partial charge is 0.228 e. The molecule has 1 saturated heterocycles. The number of hydrogen-bond donors (Lipinski definition) is 2. The molecule has 4 heteroatoms. The predicted octanol–water partition coefficient (Wildman–Crippen LogP) is 2.35. The lowest BCUT2D eigenvalue weighted by Crippen LogP contribution is -2.22. The SMILES string of the molecule is O=C(Nc1ccc2c(c1)CCN2)C1CCSC1. The molecule has 1 aromatic carbocycles. The quantitative estimate of drug-likeness (QED) is 0.844. The predicted molar refractivity (Wildman–Crippen MR) is 72.7 cm³/mol. The molecule has 2 N–H and O–H groups in total. The zero-order valence-electron chi connectivity index (χ0n) is 9.66. The summed E-state index contributed by atoms with van der Waals surface area (Å²) >= 11 is 1.87. The van der Waals surface area contributed by atoms with Crippen LogP contribution in [0.3, 0.4) is 0 Å². The van der Waals surface area contributed by atoms with Crippen molar-refractivity contribution in [2.24, 2.45) is 5.92 Å². The molecule has 1 fully saturated rings. The first-order chi connectivity index (χ1) is 8.33. The van der Waals surface area contributed by atoms with Crippen molar-refractivity contribution >= 4 is 29.0 Å². The Morgan fingerprint density at radius 3 is 3.24 bits per heavy atom. The van der Waals surface area contributed by atoms with Crippen LogP contribution in [-0.2, 0) is 11.2 Å². The number of anilines is 2. The third-order valence-corrected chi connectivity index (χ3v) is 4.55. The standard InChI is InChI=1S/C13H16N2OS/c16-13(10-4-6-17-8-10)15-11-1-2-12-9(7-11)3-5-14-12/h1-2,7,10,14H,3-6,8H2,(H,15,16). The van der Waals surface area contributed by atoms with Crippen molar-refractivity contribution in [1.82, 2.24) is 0 Å². The van der Waals surface area contributed by atoms with E-state index in [1.54, 1.807) is 0 Å². The van der Waals surface area contributed by atoms with Gasteiger partial charge in [0.1, 0.15) is 0 Å². The Bertz CT molecular complexity index is 441. The molecule has 2 aliphatic rings. The molecule has 0 aromatic heterocycles. The Kier molecular flexibility index (Phi) is 2.97. The van der Waals surface area contributed by atoms with Crippen LogP contribution in [0.4, 0.5) is 11.4 Å². The summed E-state index contributed by atoms with van der Waals surface area (Å²) in [7, 11) is 0. The summed E-state index contributed by atoms with van der Waals surface area (Å²) in [6.07, 6.45) is 2.07. The van der Waals surface area contributed by atoms with Crippen LogP contribution < -0.4 is 10.6 Å². The van der Waals surface area contributed by atoms with E-state index in [4.69, 9.17) is 0 Å². The number of rotatable bonds is 2. The number of hydrogen-bond acceptors (Lipinski definition) is 3. The fourth-order valence-corrected chi connectivity index (χ4v) is 3.59. The van der Waals surface area contributed by atoms with Gasteiger partial charge in [-0.15, -0.1) is 0 Å². The molecule has 3 nitrogen and oxygen atoms in total. The van der Waals surface area contributed by atoms with Gasteiger partial charge in [0.25, 0.3) is 0 Å². The van der Waals surface area contributed by atoms with E-state index in [0.29, 0.717) is 0 Å². The first-order valence-corrected chi connectivity index (χ1v) is 7.24. The number of carbonyl (C=O) groups excluding carboxylic acids is 1. The molecule has 1 unspecified atom stereocenters. The summed E-state index contributed by atoms with van der Waals surface area (Å²) in [6.45, 7) is 1.01. The second-order valence-electron chi connectivity index (χ2n) is 4.60. The highest BCUT2D eigenvalue weighted by Gasteiger charge is 2.23. The summed E-state index contributed by atoms with van der Waals surface area (Å²) < 4.78 is 0. The van der Waals surface area contributed by atoms with Gasteiger partial charge in [-0.1, -0.05) is 0 Å². The van der Waals surface area contributed by atoms with E-state index < -0.39 is 0 Å². The Labute approximate surface area is 105 Å². The van der Waals surface area contributed by atoms with Gasteiger partial charge in [0.15, 0.2) is 0 Å². The summed E-state index contributed by atoms with van der Waals surface area (Å²) in [4.78, 5) is 12.0. The molecular weight excluding hydrogens is 232 g/mol. The van der Waals surface area contributed by atoms with Crippen molar-refractivity contribution < 1.29 is 4.79 Å². The Balaban J connectivity index is 1.70. The van der Waals surface area contributed by atoms with Crippen LogP contribution in [0.15, 0.2) is 18.2 Å². The van der Waals surface area contributed by atoms with Gasteiger partial charge in [-0.05, 0) is 42.4 Å². The Hall–Kier alpha value is -1.16. The minimum atomic E-state index is 0.181. The van der Waals surface area contributed by atoms with Crippen molar-refractivity contribution in [2.75, 3.05) is 28.7 Å². The second-order valence-corrected chi connectivity index (χ2v) is 5.75. The molecule has 2 heterocycles. The minimum absolute atomic E-state index is 0.181. The number of amides is 1. The van der Waals surface area contributed by atoms with E-state index in [0.717, 1.165) is 36.6 Å². The third-order valence-electron chi connectivity index (χ3n) is 3.38. The average Bonchev–Trinajstić information content (AvgIpc) is 2.99. The van der Waals surface area contributed by atoms with Gasteiger partial charge >= 0.3 is 0 Å². The number of thioether (sulfide) groups is 1. The number of benzene rings is 1. The van der Waals surface area contributed by atoms with Crippen molar-refractivity contribution in [1.29, 1.82) is 0 Å². The first-order valence-electron chi connectivity index (χ1n) is 6.08. The zero-order valence-corrected chi connectivity index (χ0v) is 10.5. The molecule has 0 saturated carbocycles. The van der Waals surface area contributed by atoms with Gasteiger partial charge in [-0.3, -0.25) is 4.79 Å². The van der Waals surface area contributed by atoms with E-state index in [2.05, 4.69) is 22.8 Å². The van der Waals surface area contributed by atoms with Crippen molar-refractivity contribution in [3.8, 4) is 0 Å². The van der Waals surface area contributed by atoms with Crippen LogP contribution >= 0.6 is 11.8 Å². The Morgan fingerprint density at radius 2 is 2.41 bits per heavy atom. The van der Waals surface area contributed by atoms with Crippen molar-refractivity contribution in [3.63, 3.8) is 0 Å². The molecule has 17 heavy (non-hydrogen) atoms. The molecule has 0 spiro atoms. The summed E-state index contributed by atoms with van der Waals surface area (Å²) in [5.74, 6) is 2.47. The number of fused-ring (bicyclic) bond motifs is 1. The third kappa shape index (κ3) is 2.27. The highest BCUT2D eigenvalue weighted by atomic mass is 32.2. The largest absolute Gasteiger partial charge is 0.384 e. The van der Waals surface area contributed by atoms with Gasteiger partial charge < -0.3 is 10.6 Å². The highest BCUT2D eigenvalue weighted by molar-refractivity contribution is 7.99. The van der Waals surface area contributed by atoms with Gasteiger partial charge in [-0.2, -0.15) is 11.8 Å². The molecule has 3 rings (SSSR count). The van der Waals surface area contributed by atoms with E-state index in [9.17, 15) is 4.79 Å². The van der Waals surface area contributed by atoms with Crippen LogP contribution in [0, 0.1) is 5.92 Å². The molecule has 90 valence electrons. The van der Waals surface area contributed by atoms with Crippen LogP contribution in [0.5, 0.6) is 0 Å². The summed E-state index contributed by atoms with van der Waals surface area (Å²) in [6, 6.07) is 6.13. The van der Waals surface area contributed by atoms with E-state index in [1.807, 2.05) is 17.8 Å². The summed E-state index contributed by atoms with van der Waals surface area (Å²) in [5, 5.41) is 6.35. The fraction of sp³-hybridized carbons (Fsp3) is 0.462. The maximum atomic E-state index is 12.0. The lowest BCUT2D eigenvalue weighted by Gasteiger charge is -2.10. The fourth-order valence-electron chi connectivity index (χ4n) is 2.37. The average molecular weight is 248 g/mol. The molecule has 0 radical (unpaired) electrons. The molecule has 2 aliphatic heterocycles. The maximum absolute atomic E-state index is 12.0. The lowest BCUT2D eigenvalue weighted by atomic mass is 10.1. The van der Waals surface area contributed by atoms with Gasteiger partial charge in [0.2, 0.25) is 5.91 Å². The molecule has 1 atom stereocenters. The summed E-state index contributed by atoms with van der Waals surface area (Å²) in [5.41, 5.74) is 3.46. The number of nitrogens with one attached hydrogen (secondary N) is 2. The van der Waals surface area contributed by atoms with Crippen LogP contribution in [-0.4, -0.2) is 24.0 Å². The van der Waals surface area contributed by atoms with Crippen molar-refractivity contribution in [3.05, 3.63) is 23.8 Å². The van der Waals surface area contributed by atoms with Gasteiger partial charge in [-0.25, -0.2) is 0 Å². The van der Waals surface area contributed by atoms with E-state index in [-0.39, 0.29) is 11.8 Å². The van der Waals surface area contributed by atoms with Gasteiger partial charge in [0.05, 0.1) is 0 Å². The number of carbonyl (C=O) groups is 1. The molecule has 0 aliphatic carbocycles. The highest BCUT2D eigenvalue weighted by Crippen LogP contribution is 2.27. The monoisotopic (exact) mass is 248 g/mol. The van der Waals surface area contributed by atoms with E-state index >= 15 is 0 Å². The Morgan fingerprint density at radius 1 is 1.47 bits per heavy atom. The maximum Gasteiger partial charge on any atom is 0.228 e. The molecule has 1 amide bonds. The first kappa shape index (κ1) is 11.0. The zero-order chi connectivity index (χ0) is 11.7. The normalized spacial score (nSPS) is 22.0. The van der Waals surface area contributed by atoms with Crippen LogP contribution in [0.25, 0.3) is 0 Å². The lowest BCUT2D eigenvalue weighted by molar-refractivity contribution is -0.119. The van der Waals surface area contributed by atoms with Gasteiger partial charge in [0, 0.05) is 29.6 Å². The second kappa shape index (κ2) is 4.61. The van der Waals surface area contributed by atoms with Crippen LogP contribution in [0.2, 0.25) is 0 Å². The molecule has 0 bridgehead atoms. The minimum Gasteiger partial charge on any atom is -0.384 e. The molecular formula is C13H16N2OS. The topological polar surface area (TPSA) is 41.1 Å². The molecule has 1 aromatic rings. The van der Waals surface area contributed by atoms with E-state index in [1.165, 1.54) is 11.3 Å². The van der Waals surface area contributed by atoms with Crippen LogP contribution in [0.1, 0.15) is 12.0 Å². The van der Waals surface area contributed by atoms with Crippen molar-refractivity contribution in [2.45, 2.75) is 12.8 Å².